The van der Waals surface area contributed by atoms with E-state index in [0.717, 1.165) is 5.69 Å². The van der Waals surface area contributed by atoms with Gasteiger partial charge in [0.15, 0.2) is 6.61 Å². The van der Waals surface area contributed by atoms with Crippen LogP contribution in [0.5, 0.6) is 0 Å². The van der Waals surface area contributed by atoms with Gasteiger partial charge in [-0.2, -0.15) is 0 Å². The van der Waals surface area contributed by atoms with E-state index in [1.54, 1.807) is 39.0 Å². The van der Waals surface area contributed by atoms with Gasteiger partial charge in [0.25, 0.3) is 0 Å². The molecule has 0 aliphatic heterocycles. The second-order valence-electron chi connectivity index (χ2n) is 7.06. The molecule has 0 aliphatic rings. The van der Waals surface area contributed by atoms with Crippen LogP contribution in [0.25, 0.3) is 0 Å². The highest BCUT2D eigenvalue weighted by atomic mass is 32.2. The Bertz CT molecular complexity index is 1150. The van der Waals surface area contributed by atoms with Crippen LogP contribution in [0.3, 0.4) is 0 Å². The monoisotopic (exact) mass is 456 g/mol. The third-order valence-corrected chi connectivity index (χ3v) is 5.78. The third-order valence-electron chi connectivity index (χ3n) is 4.68. The number of Topliss-reactive ketones (excluding diaryl/α,β-unsaturated/α-hetero) is 1. The van der Waals surface area contributed by atoms with Gasteiger partial charge in [0.05, 0.1) is 34.9 Å². The topological polar surface area (TPSA) is 111 Å². The minimum Gasteiger partial charge on any atom is -0.462 e. The fourth-order valence-corrected chi connectivity index (χ4v) is 4.13. The molecule has 0 unspecified atom stereocenters. The number of ketones is 1. The van der Waals surface area contributed by atoms with Gasteiger partial charge in [0.1, 0.15) is 5.76 Å². The van der Waals surface area contributed by atoms with E-state index < -0.39 is 24.3 Å². The second kappa shape index (κ2) is 10.3. The average molecular weight is 457 g/mol. The number of aromatic nitrogens is 2. The molecule has 9 heteroatoms. The quantitative estimate of drug-likeness (QED) is 0.286. The Morgan fingerprint density at radius 3 is 2.53 bits per heavy atom. The molecule has 1 N–H and O–H groups in total. The molecular weight excluding hydrogens is 432 g/mol. The SMILES string of the molecule is CCOC(=O)c1c(C)[nH]c(C(=O)COC(=O)c2ccccc2SCc2cc(C)no2)c1C. The number of nitrogens with zero attached hydrogens (tertiary/aromatic N) is 1. The molecule has 8 nitrogen and oxygen atoms in total. The van der Waals surface area contributed by atoms with Gasteiger partial charge in [0, 0.05) is 16.7 Å². The first-order chi connectivity index (χ1) is 15.3. The Morgan fingerprint density at radius 1 is 1.09 bits per heavy atom. The van der Waals surface area contributed by atoms with Gasteiger partial charge in [-0.15, -0.1) is 11.8 Å². The molecule has 0 amide bonds. The lowest BCUT2D eigenvalue weighted by atomic mass is 10.1. The van der Waals surface area contributed by atoms with Crippen LogP contribution >= 0.6 is 11.8 Å². The Kier molecular flexibility index (Phi) is 7.53. The number of H-pyrrole nitrogens is 1. The van der Waals surface area contributed by atoms with Crippen LogP contribution in [0.4, 0.5) is 0 Å². The summed E-state index contributed by atoms with van der Waals surface area (Å²) in [7, 11) is 0. The molecule has 3 rings (SSSR count). The number of aromatic amines is 1. The van der Waals surface area contributed by atoms with Crippen LogP contribution in [0.2, 0.25) is 0 Å². The van der Waals surface area contributed by atoms with Gasteiger partial charge in [0.2, 0.25) is 5.78 Å². The van der Waals surface area contributed by atoms with Crippen LogP contribution in [-0.2, 0) is 15.2 Å². The van der Waals surface area contributed by atoms with E-state index in [0.29, 0.717) is 38.8 Å². The van der Waals surface area contributed by atoms with E-state index in [4.69, 9.17) is 14.0 Å². The van der Waals surface area contributed by atoms with Crippen molar-refractivity contribution in [2.24, 2.45) is 0 Å². The number of benzene rings is 1. The average Bonchev–Trinajstić information content (AvgIpc) is 3.32. The smallest absolute Gasteiger partial charge is 0.340 e. The number of thioether (sulfide) groups is 1. The fraction of sp³-hybridized carbons (Fsp3) is 0.304. The first-order valence-corrected chi connectivity index (χ1v) is 11.0. The van der Waals surface area contributed by atoms with Crippen molar-refractivity contribution >= 4 is 29.5 Å². The first-order valence-electron chi connectivity index (χ1n) is 10.0. The summed E-state index contributed by atoms with van der Waals surface area (Å²) in [5.41, 5.74) is 2.69. The number of ether oxygens (including phenoxy) is 2. The number of rotatable bonds is 9. The van der Waals surface area contributed by atoms with Gasteiger partial charge >= 0.3 is 11.9 Å². The Labute approximate surface area is 189 Å². The molecule has 2 heterocycles. The summed E-state index contributed by atoms with van der Waals surface area (Å²) < 4.78 is 15.5. The van der Waals surface area contributed by atoms with Gasteiger partial charge in [-0.05, 0) is 45.4 Å². The Hall–Kier alpha value is -3.33. The lowest BCUT2D eigenvalue weighted by Gasteiger charge is -2.08. The zero-order valence-corrected chi connectivity index (χ0v) is 19.1. The number of carbonyl (C=O) groups excluding carboxylic acids is 3. The van der Waals surface area contributed by atoms with Crippen molar-refractivity contribution in [3.05, 3.63) is 69.9 Å². The van der Waals surface area contributed by atoms with E-state index in [1.165, 1.54) is 11.8 Å². The van der Waals surface area contributed by atoms with Crippen LogP contribution in [0.15, 0.2) is 39.8 Å². The third kappa shape index (κ3) is 5.28. The first kappa shape index (κ1) is 23.3. The molecule has 0 aliphatic carbocycles. The number of esters is 2. The summed E-state index contributed by atoms with van der Waals surface area (Å²) in [5.74, 6) is -0.344. The fourth-order valence-electron chi connectivity index (χ4n) is 3.21. The van der Waals surface area contributed by atoms with Gasteiger partial charge < -0.3 is 19.0 Å². The summed E-state index contributed by atoms with van der Waals surface area (Å²) >= 11 is 1.41. The number of hydrogen-bond donors (Lipinski definition) is 1. The molecule has 0 atom stereocenters. The number of carbonyl (C=O) groups is 3. The molecule has 32 heavy (non-hydrogen) atoms. The Morgan fingerprint density at radius 2 is 1.84 bits per heavy atom. The lowest BCUT2D eigenvalue weighted by molar-refractivity contribution is 0.0469. The maximum Gasteiger partial charge on any atom is 0.340 e. The van der Waals surface area contributed by atoms with Crippen LogP contribution in [0.1, 0.15) is 60.8 Å². The largest absolute Gasteiger partial charge is 0.462 e. The maximum atomic E-state index is 12.7. The van der Waals surface area contributed by atoms with Crippen LogP contribution in [0, 0.1) is 20.8 Å². The summed E-state index contributed by atoms with van der Waals surface area (Å²) in [5, 5.41) is 3.85. The van der Waals surface area contributed by atoms with Crippen molar-refractivity contribution < 1.29 is 28.4 Å². The predicted octanol–water partition coefficient (Wildman–Crippen LogP) is 4.44. The van der Waals surface area contributed by atoms with Crippen molar-refractivity contribution in [2.75, 3.05) is 13.2 Å². The summed E-state index contributed by atoms with van der Waals surface area (Å²) in [6.07, 6.45) is 0. The highest BCUT2D eigenvalue weighted by Gasteiger charge is 2.24. The van der Waals surface area contributed by atoms with Gasteiger partial charge in [-0.1, -0.05) is 17.3 Å². The highest BCUT2D eigenvalue weighted by Crippen LogP contribution is 2.27. The van der Waals surface area contributed by atoms with Gasteiger partial charge in [-0.3, -0.25) is 4.79 Å². The highest BCUT2D eigenvalue weighted by molar-refractivity contribution is 7.98. The van der Waals surface area contributed by atoms with E-state index in [1.807, 2.05) is 19.1 Å². The molecule has 0 radical (unpaired) electrons. The standard InChI is InChI=1S/C23H24N2O6S/c1-5-29-23(28)20-14(3)21(24-15(20)4)18(26)11-30-22(27)17-8-6-7-9-19(17)32-12-16-10-13(2)25-31-16/h6-10,24H,5,11-12H2,1-4H3. The zero-order valence-electron chi connectivity index (χ0n) is 18.3. The van der Waals surface area contributed by atoms with Crippen LogP contribution < -0.4 is 0 Å². The molecule has 2 aromatic heterocycles. The van der Waals surface area contributed by atoms with Crippen molar-refractivity contribution in [3.63, 3.8) is 0 Å². The Balaban J connectivity index is 1.67. The van der Waals surface area contributed by atoms with Crippen molar-refractivity contribution in [2.45, 2.75) is 38.3 Å². The second-order valence-corrected chi connectivity index (χ2v) is 8.08. The van der Waals surface area contributed by atoms with Crippen molar-refractivity contribution in [3.8, 4) is 0 Å². The van der Waals surface area contributed by atoms with E-state index in [9.17, 15) is 14.4 Å². The van der Waals surface area contributed by atoms with E-state index in [-0.39, 0.29) is 12.3 Å². The minimum atomic E-state index is -0.609. The normalized spacial score (nSPS) is 10.8. The summed E-state index contributed by atoms with van der Waals surface area (Å²) in [6.45, 7) is 6.67. The molecule has 0 fully saturated rings. The molecule has 0 saturated heterocycles. The van der Waals surface area contributed by atoms with Crippen molar-refractivity contribution in [1.82, 2.24) is 10.1 Å². The molecule has 1 aromatic carbocycles. The molecule has 0 spiro atoms. The molecular formula is C23H24N2O6S. The number of nitrogens with one attached hydrogen (secondary N) is 1. The summed E-state index contributed by atoms with van der Waals surface area (Å²) in [6, 6.07) is 8.82. The maximum absolute atomic E-state index is 12.7. The van der Waals surface area contributed by atoms with Crippen molar-refractivity contribution in [1.29, 1.82) is 0 Å². The summed E-state index contributed by atoms with van der Waals surface area (Å²) in [4.78, 5) is 41.1. The molecule has 168 valence electrons. The number of aryl methyl sites for hydroxylation is 2. The van der Waals surface area contributed by atoms with E-state index in [2.05, 4.69) is 10.1 Å². The zero-order chi connectivity index (χ0) is 23.3. The van der Waals surface area contributed by atoms with Crippen LogP contribution in [-0.4, -0.2) is 41.1 Å². The number of hydrogen-bond acceptors (Lipinski definition) is 8. The van der Waals surface area contributed by atoms with Gasteiger partial charge in [-0.25, -0.2) is 9.59 Å². The lowest BCUT2D eigenvalue weighted by Crippen LogP contribution is -2.16. The molecule has 0 bridgehead atoms. The minimum absolute atomic E-state index is 0.224. The van der Waals surface area contributed by atoms with E-state index >= 15 is 0 Å². The predicted molar refractivity (Wildman–Crippen MR) is 118 cm³/mol. The molecule has 3 aromatic rings. The molecule has 0 saturated carbocycles.